The molecule has 1 heterocycles. The smallest absolute Gasteiger partial charge is 0.256 e. The molecule has 8 nitrogen and oxygen atoms in total. The first kappa shape index (κ1) is 26.2. The van der Waals surface area contributed by atoms with Crippen molar-refractivity contribution in [2.24, 2.45) is 0 Å². The molecule has 0 aromatic heterocycles. The fraction of sp³-hybridized carbons (Fsp3) is 0.222. The van der Waals surface area contributed by atoms with Crippen molar-refractivity contribution in [1.82, 2.24) is 4.90 Å². The number of hydrogen-bond acceptors (Lipinski definition) is 6. The maximum absolute atomic E-state index is 13.7. The van der Waals surface area contributed by atoms with E-state index in [9.17, 15) is 9.59 Å². The summed E-state index contributed by atoms with van der Waals surface area (Å²) in [5.74, 6) is 1.13. The van der Waals surface area contributed by atoms with Crippen LogP contribution in [0.3, 0.4) is 0 Å². The molecule has 3 aromatic rings. The number of anilines is 2. The molecule has 1 fully saturated rings. The number of nitrogens with zero attached hydrogens (tertiary/aromatic N) is 2. The molecule has 0 spiro atoms. The van der Waals surface area contributed by atoms with Gasteiger partial charge in [0.25, 0.3) is 5.91 Å². The van der Waals surface area contributed by atoms with Gasteiger partial charge in [-0.15, -0.1) is 0 Å². The number of nitrogens with one attached hydrogen (secondary N) is 1. The van der Waals surface area contributed by atoms with Crippen LogP contribution in [0.4, 0.5) is 11.4 Å². The second-order valence-electron chi connectivity index (χ2n) is 8.22. The second-order valence-corrected chi connectivity index (χ2v) is 8.99. The topological polar surface area (TPSA) is 80.3 Å². The highest BCUT2D eigenvalue weighted by atomic mass is 35.5. The monoisotopic (exact) mass is 539 g/mol. The molecule has 1 saturated heterocycles. The Balaban J connectivity index is 1.64. The van der Waals surface area contributed by atoms with E-state index in [4.69, 9.17) is 38.0 Å². The maximum Gasteiger partial charge on any atom is 0.256 e. The summed E-state index contributed by atoms with van der Waals surface area (Å²) in [6.45, 7) is 0.279. The molecule has 192 valence electrons. The molecule has 10 heteroatoms. The Kier molecular flexibility index (Phi) is 8.15. The number of ether oxygens (including phenoxy) is 3. The van der Waals surface area contributed by atoms with Crippen molar-refractivity contribution >= 4 is 52.1 Å². The zero-order valence-electron chi connectivity index (χ0n) is 20.6. The van der Waals surface area contributed by atoms with Crippen LogP contribution in [0.1, 0.15) is 12.0 Å². The van der Waals surface area contributed by atoms with Gasteiger partial charge in [-0.1, -0.05) is 29.8 Å². The summed E-state index contributed by atoms with van der Waals surface area (Å²) in [4.78, 5) is 29.9. The molecule has 0 unspecified atom stereocenters. The van der Waals surface area contributed by atoms with Gasteiger partial charge in [0.05, 0.1) is 44.1 Å². The van der Waals surface area contributed by atoms with Crippen LogP contribution < -0.4 is 24.4 Å². The van der Waals surface area contributed by atoms with Gasteiger partial charge in [-0.05, 0) is 66.3 Å². The first-order valence-electron chi connectivity index (χ1n) is 11.4. The van der Waals surface area contributed by atoms with Crippen LogP contribution in [0.25, 0.3) is 0 Å². The molecule has 3 aromatic carbocycles. The van der Waals surface area contributed by atoms with Crippen LogP contribution in [-0.4, -0.2) is 49.2 Å². The lowest BCUT2D eigenvalue weighted by Crippen LogP contribution is -2.37. The number of benzene rings is 3. The van der Waals surface area contributed by atoms with E-state index in [0.717, 1.165) is 5.56 Å². The fourth-order valence-corrected chi connectivity index (χ4v) is 4.67. The second kappa shape index (κ2) is 11.5. The molecular formula is C27H26ClN3O5S. The zero-order valence-corrected chi connectivity index (χ0v) is 22.1. The van der Waals surface area contributed by atoms with E-state index >= 15 is 0 Å². The van der Waals surface area contributed by atoms with Gasteiger partial charge < -0.3 is 24.4 Å². The Morgan fingerprint density at radius 1 is 0.973 bits per heavy atom. The summed E-state index contributed by atoms with van der Waals surface area (Å²) in [7, 11) is 4.68. The molecule has 0 radical (unpaired) electrons. The number of halogens is 1. The van der Waals surface area contributed by atoms with Crippen LogP contribution in [0.2, 0.25) is 5.02 Å². The van der Waals surface area contributed by atoms with Gasteiger partial charge in [-0.25, -0.2) is 0 Å². The van der Waals surface area contributed by atoms with Gasteiger partial charge in [0.15, 0.2) is 16.6 Å². The maximum atomic E-state index is 13.7. The largest absolute Gasteiger partial charge is 0.497 e. The molecular weight excluding hydrogens is 514 g/mol. The van der Waals surface area contributed by atoms with Crippen molar-refractivity contribution < 1.29 is 23.8 Å². The number of amides is 2. The SMILES string of the molecule is COc1ccc(N2C(=O)[C@H](CC(=O)Nc3ccccc3Cl)N(Cc3ccc(OC)c(OC)c3)C2=S)cc1. The quantitative estimate of drug-likeness (QED) is 0.387. The first-order valence-corrected chi connectivity index (χ1v) is 12.2. The average Bonchev–Trinajstić information content (AvgIpc) is 3.13. The van der Waals surface area contributed by atoms with Crippen LogP contribution in [0.5, 0.6) is 17.2 Å². The predicted molar refractivity (Wildman–Crippen MR) is 147 cm³/mol. The Morgan fingerprint density at radius 2 is 1.68 bits per heavy atom. The summed E-state index contributed by atoms with van der Waals surface area (Å²) in [5, 5.41) is 3.50. The standard InChI is InChI=1S/C27H26ClN3O5S/c1-34-19-11-9-18(10-12-19)31-26(33)22(15-25(32)29-21-7-5-4-6-20(21)28)30(27(31)37)16-17-8-13-23(35-2)24(14-17)36-3/h4-14,22H,15-16H2,1-3H3,(H,29,32)/t22-/m0/s1. The van der Waals surface area contributed by atoms with Gasteiger partial charge in [0.2, 0.25) is 5.91 Å². The molecule has 4 rings (SSSR count). The lowest BCUT2D eigenvalue weighted by molar-refractivity contribution is -0.124. The summed E-state index contributed by atoms with van der Waals surface area (Å²) in [5.41, 5.74) is 1.89. The molecule has 0 saturated carbocycles. The summed E-state index contributed by atoms with van der Waals surface area (Å²) in [6, 6.07) is 18.6. The number of methoxy groups -OCH3 is 3. The highest BCUT2D eigenvalue weighted by Crippen LogP contribution is 2.33. The van der Waals surface area contributed by atoms with Crippen molar-refractivity contribution in [1.29, 1.82) is 0 Å². The van der Waals surface area contributed by atoms with E-state index in [1.54, 1.807) is 80.8 Å². The minimum atomic E-state index is -0.829. The molecule has 1 aliphatic heterocycles. The lowest BCUT2D eigenvalue weighted by Gasteiger charge is -2.24. The predicted octanol–water partition coefficient (Wildman–Crippen LogP) is 4.90. The van der Waals surface area contributed by atoms with Gasteiger partial charge in [0.1, 0.15) is 11.8 Å². The Labute approximate surface area is 225 Å². The lowest BCUT2D eigenvalue weighted by atomic mass is 10.1. The number of thiocarbonyl (C=S) groups is 1. The van der Waals surface area contributed by atoms with Crippen molar-refractivity contribution in [3.05, 3.63) is 77.3 Å². The Bertz CT molecular complexity index is 1320. The molecule has 1 N–H and O–H groups in total. The normalized spacial score (nSPS) is 15.1. The third-order valence-electron chi connectivity index (χ3n) is 5.98. The Morgan fingerprint density at radius 3 is 2.32 bits per heavy atom. The summed E-state index contributed by atoms with van der Waals surface area (Å²) < 4.78 is 16.0. The van der Waals surface area contributed by atoms with Crippen molar-refractivity contribution in [3.8, 4) is 17.2 Å². The van der Waals surface area contributed by atoms with Gasteiger partial charge in [0, 0.05) is 6.54 Å². The van der Waals surface area contributed by atoms with E-state index in [1.165, 1.54) is 4.90 Å². The van der Waals surface area contributed by atoms with Crippen molar-refractivity contribution in [2.75, 3.05) is 31.5 Å². The van der Waals surface area contributed by atoms with Crippen LogP contribution in [-0.2, 0) is 16.1 Å². The van der Waals surface area contributed by atoms with Gasteiger partial charge in [-0.2, -0.15) is 0 Å². The van der Waals surface area contributed by atoms with Crippen molar-refractivity contribution in [2.45, 2.75) is 19.0 Å². The molecule has 1 atom stereocenters. The van der Waals surface area contributed by atoms with E-state index in [-0.39, 0.29) is 24.8 Å². The van der Waals surface area contributed by atoms with Crippen molar-refractivity contribution in [3.63, 3.8) is 0 Å². The van der Waals surface area contributed by atoms with E-state index in [0.29, 0.717) is 38.8 Å². The minimum Gasteiger partial charge on any atom is -0.497 e. The number of hydrogen-bond donors (Lipinski definition) is 1. The number of rotatable bonds is 9. The molecule has 1 aliphatic rings. The van der Waals surface area contributed by atoms with Crippen LogP contribution >= 0.6 is 23.8 Å². The third-order valence-corrected chi connectivity index (χ3v) is 6.72. The molecule has 0 bridgehead atoms. The molecule has 2 amide bonds. The minimum absolute atomic E-state index is 0.121. The van der Waals surface area contributed by atoms with E-state index in [1.807, 2.05) is 12.1 Å². The zero-order chi connectivity index (χ0) is 26.5. The van der Waals surface area contributed by atoms with Crippen LogP contribution in [0.15, 0.2) is 66.7 Å². The van der Waals surface area contributed by atoms with E-state index in [2.05, 4.69) is 5.32 Å². The summed E-state index contributed by atoms with van der Waals surface area (Å²) in [6.07, 6.45) is -0.121. The fourth-order valence-electron chi connectivity index (χ4n) is 4.10. The van der Waals surface area contributed by atoms with E-state index < -0.39 is 6.04 Å². The summed E-state index contributed by atoms with van der Waals surface area (Å²) >= 11 is 12.0. The molecule has 0 aliphatic carbocycles. The Hall–Kier alpha value is -3.82. The number of para-hydroxylation sites is 1. The highest BCUT2D eigenvalue weighted by molar-refractivity contribution is 7.80. The third kappa shape index (κ3) is 5.63. The molecule has 37 heavy (non-hydrogen) atoms. The highest BCUT2D eigenvalue weighted by Gasteiger charge is 2.44. The first-order chi connectivity index (χ1) is 17.9. The van der Waals surface area contributed by atoms with Gasteiger partial charge >= 0.3 is 0 Å². The average molecular weight is 540 g/mol. The van der Waals surface area contributed by atoms with Crippen LogP contribution in [0, 0.1) is 0 Å². The number of carbonyl (C=O) groups excluding carboxylic acids is 2. The van der Waals surface area contributed by atoms with Gasteiger partial charge in [-0.3, -0.25) is 14.5 Å². The number of carbonyl (C=O) groups is 2.